The highest BCUT2D eigenvalue weighted by atomic mass is 16.6. The third-order valence-electron chi connectivity index (χ3n) is 5.67. The van der Waals surface area contributed by atoms with Gasteiger partial charge in [-0.25, -0.2) is 0 Å². The Balaban J connectivity index is 2.38. The number of aliphatic hydroxyl groups is 3. The molecule has 0 aromatic carbocycles. The molecule has 1 saturated carbocycles. The summed E-state index contributed by atoms with van der Waals surface area (Å²) in [5.41, 5.74) is 0. The number of Topliss-reactive ketones (excluding diaryl/α,β-unsaturated/α-hetero) is 1. The largest absolute Gasteiger partial charge is 0.462 e. The Kier molecular flexibility index (Phi) is 14.6. The van der Waals surface area contributed by atoms with Gasteiger partial charge in [-0.3, -0.25) is 14.4 Å². The summed E-state index contributed by atoms with van der Waals surface area (Å²) in [6.07, 6.45) is 10.8. The third kappa shape index (κ3) is 12.1. The molecule has 0 radical (unpaired) electrons. The Labute approximate surface area is 196 Å². The van der Waals surface area contributed by atoms with Crippen LogP contribution in [0.1, 0.15) is 71.6 Å². The average Bonchev–Trinajstić information content (AvgIpc) is 3.04. The van der Waals surface area contributed by atoms with Crippen LogP contribution < -0.4 is 0 Å². The highest BCUT2D eigenvalue weighted by Gasteiger charge is 2.39. The third-order valence-corrected chi connectivity index (χ3v) is 5.67. The smallest absolute Gasteiger partial charge is 0.306 e. The molecule has 0 heterocycles. The first-order valence-corrected chi connectivity index (χ1v) is 11.9. The molecule has 0 spiro atoms. The van der Waals surface area contributed by atoms with E-state index < -0.39 is 36.9 Å². The molecule has 0 unspecified atom stereocenters. The van der Waals surface area contributed by atoms with Gasteiger partial charge in [-0.2, -0.15) is 0 Å². The highest BCUT2D eigenvalue weighted by molar-refractivity contribution is 5.84. The predicted octanol–water partition coefficient (Wildman–Crippen LogP) is 2.63. The molecule has 0 bridgehead atoms. The number of ether oxygens (including phenoxy) is 2. The second kappa shape index (κ2) is 16.6. The number of carbonyl (C=O) groups excluding carboxylic acids is 3. The molecule has 5 atom stereocenters. The Hall–Kier alpha value is -2.03. The van der Waals surface area contributed by atoms with Crippen molar-refractivity contribution in [2.45, 2.75) is 89.9 Å². The van der Waals surface area contributed by atoms with Crippen molar-refractivity contribution in [3.8, 4) is 0 Å². The number of unbranched alkanes of at least 4 members (excludes halogenated alkanes) is 3. The highest BCUT2D eigenvalue weighted by Crippen LogP contribution is 2.33. The van der Waals surface area contributed by atoms with Gasteiger partial charge in [0.1, 0.15) is 12.4 Å². The molecule has 0 aromatic rings. The second-order valence-electron chi connectivity index (χ2n) is 8.57. The van der Waals surface area contributed by atoms with Crippen LogP contribution in [-0.2, 0) is 23.9 Å². The molecule has 33 heavy (non-hydrogen) atoms. The number of aliphatic hydroxyl groups excluding tert-OH is 3. The number of rotatable bonds is 16. The molecular weight excluding hydrogens is 428 g/mol. The summed E-state index contributed by atoms with van der Waals surface area (Å²) in [5.74, 6) is -1.58. The number of ketones is 1. The summed E-state index contributed by atoms with van der Waals surface area (Å²) in [4.78, 5) is 34.9. The minimum Gasteiger partial charge on any atom is -0.462 e. The fourth-order valence-corrected chi connectivity index (χ4v) is 3.79. The van der Waals surface area contributed by atoms with Crippen LogP contribution in [0.3, 0.4) is 0 Å². The summed E-state index contributed by atoms with van der Waals surface area (Å²) < 4.78 is 9.79. The Morgan fingerprint density at radius 1 is 1.21 bits per heavy atom. The van der Waals surface area contributed by atoms with E-state index in [1.165, 1.54) is 6.92 Å². The topological polar surface area (TPSA) is 130 Å². The van der Waals surface area contributed by atoms with Crippen molar-refractivity contribution in [2.24, 2.45) is 11.8 Å². The van der Waals surface area contributed by atoms with Gasteiger partial charge in [0.2, 0.25) is 0 Å². The van der Waals surface area contributed by atoms with Gasteiger partial charge in [-0.15, -0.1) is 0 Å². The number of allylic oxidation sites excluding steroid dienone is 2. The average molecular weight is 469 g/mol. The monoisotopic (exact) mass is 468 g/mol. The fraction of sp³-hybridized carbons (Fsp3) is 0.720. The lowest BCUT2D eigenvalue weighted by Gasteiger charge is -2.16. The van der Waals surface area contributed by atoms with Crippen molar-refractivity contribution in [3.05, 3.63) is 24.3 Å². The van der Waals surface area contributed by atoms with Gasteiger partial charge in [0.15, 0.2) is 6.10 Å². The van der Waals surface area contributed by atoms with Crippen molar-refractivity contribution >= 4 is 17.7 Å². The van der Waals surface area contributed by atoms with E-state index in [0.29, 0.717) is 25.7 Å². The second-order valence-corrected chi connectivity index (χ2v) is 8.57. The van der Waals surface area contributed by atoms with E-state index in [4.69, 9.17) is 14.6 Å². The van der Waals surface area contributed by atoms with E-state index in [2.05, 4.69) is 6.92 Å². The van der Waals surface area contributed by atoms with Crippen LogP contribution in [-0.4, -0.2) is 64.6 Å². The Bertz CT molecular complexity index is 657. The van der Waals surface area contributed by atoms with Gasteiger partial charge in [-0.1, -0.05) is 50.5 Å². The zero-order valence-corrected chi connectivity index (χ0v) is 19.9. The van der Waals surface area contributed by atoms with E-state index >= 15 is 0 Å². The lowest BCUT2D eigenvalue weighted by molar-refractivity contribution is -0.160. The van der Waals surface area contributed by atoms with E-state index in [0.717, 1.165) is 19.3 Å². The summed E-state index contributed by atoms with van der Waals surface area (Å²) in [6.45, 7) is 2.74. The molecule has 8 heteroatoms. The van der Waals surface area contributed by atoms with Crippen molar-refractivity contribution in [2.75, 3.05) is 13.2 Å². The van der Waals surface area contributed by atoms with E-state index in [1.807, 2.05) is 12.2 Å². The normalized spacial score (nSPS) is 22.7. The first-order valence-electron chi connectivity index (χ1n) is 11.9. The minimum atomic E-state index is -0.869. The maximum Gasteiger partial charge on any atom is 0.306 e. The lowest BCUT2D eigenvalue weighted by Crippen LogP contribution is -2.28. The summed E-state index contributed by atoms with van der Waals surface area (Å²) in [5, 5.41) is 29.5. The summed E-state index contributed by atoms with van der Waals surface area (Å²) in [6, 6.07) is 0. The molecule has 0 saturated heterocycles. The summed E-state index contributed by atoms with van der Waals surface area (Å²) in [7, 11) is 0. The molecule has 0 aromatic heterocycles. The quantitative estimate of drug-likeness (QED) is 0.179. The molecule has 0 amide bonds. The fourth-order valence-electron chi connectivity index (χ4n) is 3.79. The van der Waals surface area contributed by atoms with Gasteiger partial charge >= 0.3 is 11.9 Å². The van der Waals surface area contributed by atoms with Crippen molar-refractivity contribution < 1.29 is 39.2 Å². The van der Waals surface area contributed by atoms with Crippen LogP contribution in [0, 0.1) is 11.8 Å². The zero-order valence-electron chi connectivity index (χ0n) is 19.9. The molecule has 188 valence electrons. The lowest BCUT2D eigenvalue weighted by atomic mass is 9.90. The van der Waals surface area contributed by atoms with Gasteiger partial charge in [0.05, 0.1) is 18.8 Å². The van der Waals surface area contributed by atoms with Crippen LogP contribution in [0.2, 0.25) is 0 Å². The van der Waals surface area contributed by atoms with E-state index in [-0.39, 0.29) is 37.1 Å². The Morgan fingerprint density at radius 2 is 1.97 bits per heavy atom. The van der Waals surface area contributed by atoms with Gasteiger partial charge in [-0.05, 0) is 25.7 Å². The number of esters is 2. The molecule has 1 aliphatic rings. The Morgan fingerprint density at radius 3 is 2.64 bits per heavy atom. The molecule has 8 nitrogen and oxygen atoms in total. The van der Waals surface area contributed by atoms with Crippen LogP contribution >= 0.6 is 0 Å². The SMILES string of the molecule is CCCCC[C@H](O)/C=C/[C@H]1[C@H](O)CC(=O)[C@@H]1C/C=C\CCCC(=O)O[C@@H](CO)COC(C)=O. The molecule has 0 aliphatic heterocycles. The number of hydrogen-bond donors (Lipinski definition) is 3. The van der Waals surface area contributed by atoms with Crippen LogP contribution in [0.5, 0.6) is 0 Å². The first-order chi connectivity index (χ1) is 15.8. The number of hydrogen-bond acceptors (Lipinski definition) is 8. The van der Waals surface area contributed by atoms with E-state index in [9.17, 15) is 24.6 Å². The number of carbonyl (C=O) groups is 3. The van der Waals surface area contributed by atoms with Crippen molar-refractivity contribution in [1.29, 1.82) is 0 Å². The minimum absolute atomic E-state index is 0.0219. The van der Waals surface area contributed by atoms with Gasteiger partial charge < -0.3 is 24.8 Å². The first kappa shape index (κ1) is 29.0. The summed E-state index contributed by atoms with van der Waals surface area (Å²) >= 11 is 0. The van der Waals surface area contributed by atoms with Crippen LogP contribution in [0.25, 0.3) is 0 Å². The standard InChI is InChI=1S/C25H40O8/c1-3-4-7-10-19(28)13-14-22-21(23(29)15-24(22)30)11-8-5-6-9-12-25(31)33-20(16-26)17-32-18(2)27/h5,8,13-14,19-22,24,26,28,30H,3-4,6-7,9-12,15-17H2,1-2H3/b8-5-,14-13+/t19-,20-,21+,22+,24+/m0/s1. The molecule has 1 fully saturated rings. The molecular formula is C25H40O8. The predicted molar refractivity (Wildman–Crippen MR) is 123 cm³/mol. The van der Waals surface area contributed by atoms with Gasteiger partial charge in [0.25, 0.3) is 0 Å². The van der Waals surface area contributed by atoms with E-state index in [1.54, 1.807) is 12.2 Å². The zero-order chi connectivity index (χ0) is 24.6. The van der Waals surface area contributed by atoms with Crippen molar-refractivity contribution in [1.82, 2.24) is 0 Å². The molecule has 3 N–H and O–H groups in total. The maximum atomic E-state index is 12.3. The van der Waals surface area contributed by atoms with Crippen LogP contribution in [0.15, 0.2) is 24.3 Å². The molecule has 1 aliphatic carbocycles. The van der Waals surface area contributed by atoms with Gasteiger partial charge in [0, 0.05) is 31.6 Å². The maximum absolute atomic E-state index is 12.3. The van der Waals surface area contributed by atoms with Crippen LogP contribution in [0.4, 0.5) is 0 Å². The molecule has 1 rings (SSSR count). The van der Waals surface area contributed by atoms with Crippen molar-refractivity contribution in [3.63, 3.8) is 0 Å².